The first-order valence-corrected chi connectivity index (χ1v) is 9.16. The lowest BCUT2D eigenvalue weighted by Gasteiger charge is -2.25. The molecule has 2 aromatic heterocycles. The number of nitrogens with zero attached hydrogens (tertiary/aromatic N) is 2. The summed E-state index contributed by atoms with van der Waals surface area (Å²) in [6, 6.07) is 9.93. The molecule has 0 unspecified atom stereocenters. The molecule has 0 aliphatic carbocycles. The predicted molar refractivity (Wildman–Crippen MR) is 108 cm³/mol. The van der Waals surface area contributed by atoms with E-state index in [2.05, 4.69) is 15.6 Å². The molecule has 0 atom stereocenters. The zero-order valence-corrected chi connectivity index (χ0v) is 16.8. The Morgan fingerprint density at radius 1 is 1.23 bits per heavy atom. The molecule has 0 spiro atoms. The van der Waals surface area contributed by atoms with E-state index in [4.69, 9.17) is 9.15 Å². The zero-order valence-electron chi connectivity index (χ0n) is 16.8. The lowest BCUT2D eigenvalue weighted by atomic mass is 9.98. The Labute approximate surface area is 173 Å². The van der Waals surface area contributed by atoms with Crippen LogP contribution in [0.15, 0.2) is 59.6 Å². The van der Waals surface area contributed by atoms with E-state index in [9.17, 15) is 14.8 Å². The number of carbonyl (C=O) groups is 2. The third kappa shape index (κ3) is 4.93. The minimum absolute atomic E-state index is 0.260. The summed E-state index contributed by atoms with van der Waals surface area (Å²) < 4.78 is 11.3. The number of carbonyl (C=O) groups excluding carboxylic acids is 2. The Hall–Kier alpha value is -3.88. The lowest BCUT2D eigenvalue weighted by Crippen LogP contribution is -2.51. The molecule has 156 valence electrons. The Kier molecular flexibility index (Phi) is 6.01. The number of hydrogen-bond acceptors (Lipinski definition) is 6. The van der Waals surface area contributed by atoms with Crippen molar-refractivity contribution in [2.75, 3.05) is 12.4 Å². The first-order chi connectivity index (χ1) is 14.3. The van der Waals surface area contributed by atoms with Crippen LogP contribution < -0.4 is 20.1 Å². The van der Waals surface area contributed by atoms with Gasteiger partial charge in [-0.2, -0.15) is 4.73 Å². The molecule has 3 aromatic rings. The molecule has 3 rings (SSSR count). The Morgan fingerprint density at radius 3 is 2.70 bits per heavy atom. The van der Waals surface area contributed by atoms with E-state index in [-0.39, 0.29) is 6.42 Å². The number of rotatable bonds is 6. The van der Waals surface area contributed by atoms with Gasteiger partial charge in [0.2, 0.25) is 0 Å². The van der Waals surface area contributed by atoms with Crippen molar-refractivity contribution in [1.82, 2.24) is 10.3 Å². The molecule has 0 aliphatic rings. The molecule has 2 amide bonds. The smallest absolute Gasteiger partial charge is 0.313 e. The van der Waals surface area contributed by atoms with E-state index in [1.807, 2.05) is 0 Å². The summed E-state index contributed by atoms with van der Waals surface area (Å²) in [5.74, 6) is -0.678. The fourth-order valence-electron chi connectivity index (χ4n) is 2.97. The molecule has 2 heterocycles. The minimum Gasteiger partial charge on any atom is -0.619 e. The van der Waals surface area contributed by atoms with E-state index in [0.29, 0.717) is 28.5 Å². The Morgan fingerprint density at radius 2 is 2.03 bits per heavy atom. The van der Waals surface area contributed by atoms with Gasteiger partial charge in [-0.3, -0.25) is 9.59 Å². The monoisotopic (exact) mass is 410 g/mol. The molecule has 0 radical (unpaired) electrons. The van der Waals surface area contributed by atoms with Crippen LogP contribution in [0, 0.1) is 5.21 Å². The first kappa shape index (κ1) is 20.8. The Bertz CT molecular complexity index is 1050. The van der Waals surface area contributed by atoms with Gasteiger partial charge in [0.15, 0.2) is 24.0 Å². The summed E-state index contributed by atoms with van der Waals surface area (Å²) in [4.78, 5) is 28.6. The number of benzene rings is 1. The second-order valence-electron chi connectivity index (χ2n) is 7.27. The van der Waals surface area contributed by atoms with Crippen molar-refractivity contribution in [1.29, 1.82) is 0 Å². The third-order valence-electron chi connectivity index (χ3n) is 4.34. The van der Waals surface area contributed by atoms with Crippen molar-refractivity contribution < 1.29 is 23.5 Å². The van der Waals surface area contributed by atoms with Gasteiger partial charge in [-0.05, 0) is 26.0 Å². The summed E-state index contributed by atoms with van der Waals surface area (Å²) in [5, 5.41) is 17.0. The van der Waals surface area contributed by atoms with Crippen LogP contribution in [-0.4, -0.2) is 29.4 Å². The largest absolute Gasteiger partial charge is 0.619 e. The fourth-order valence-corrected chi connectivity index (χ4v) is 2.97. The fraction of sp³-hybridized carbons (Fsp3) is 0.238. The number of oxazole rings is 1. The number of amides is 2. The molecule has 0 fully saturated rings. The van der Waals surface area contributed by atoms with Crippen molar-refractivity contribution in [2.45, 2.75) is 25.8 Å². The topological polar surface area (TPSA) is 120 Å². The maximum Gasteiger partial charge on any atom is 0.313 e. The number of anilines is 1. The predicted octanol–water partition coefficient (Wildman–Crippen LogP) is 2.06. The van der Waals surface area contributed by atoms with Gasteiger partial charge in [0, 0.05) is 29.4 Å². The molecule has 0 saturated heterocycles. The van der Waals surface area contributed by atoms with Crippen LogP contribution in [0.3, 0.4) is 0 Å². The number of pyridine rings is 1. The van der Waals surface area contributed by atoms with Crippen molar-refractivity contribution in [3.05, 3.63) is 66.1 Å². The van der Waals surface area contributed by atoms with Crippen LogP contribution in [0.5, 0.6) is 5.75 Å². The average molecular weight is 410 g/mol. The van der Waals surface area contributed by atoms with Crippen LogP contribution in [-0.2, 0) is 16.0 Å². The average Bonchev–Trinajstić information content (AvgIpc) is 3.23. The summed E-state index contributed by atoms with van der Waals surface area (Å²) in [7, 11) is 1.49. The number of ether oxygens (including phenoxy) is 1. The first-order valence-electron chi connectivity index (χ1n) is 9.16. The highest BCUT2D eigenvalue weighted by atomic mass is 16.5. The Balaban J connectivity index is 1.66. The zero-order chi connectivity index (χ0) is 21.7. The second-order valence-corrected chi connectivity index (χ2v) is 7.27. The summed E-state index contributed by atoms with van der Waals surface area (Å²) >= 11 is 0. The standard InChI is InChI=1S/C21H22N4O5/c1-21(2,11-15-6-4-5-9-25(15)28)24-20(27)19(26)23-14-7-8-16(17(10-14)29-3)18-12-22-13-30-18/h4-10,12-13H,11H2,1-3H3,(H,23,26)(H,24,27). The van der Waals surface area contributed by atoms with Gasteiger partial charge in [-0.1, -0.05) is 6.07 Å². The molecule has 0 bridgehead atoms. The van der Waals surface area contributed by atoms with E-state index in [0.717, 1.165) is 4.73 Å². The molecule has 1 aromatic carbocycles. The van der Waals surface area contributed by atoms with Crippen molar-refractivity contribution in [3.63, 3.8) is 0 Å². The lowest BCUT2D eigenvalue weighted by molar-refractivity contribution is -0.614. The highest BCUT2D eigenvalue weighted by Crippen LogP contribution is 2.32. The number of aromatic nitrogens is 2. The highest BCUT2D eigenvalue weighted by Gasteiger charge is 2.27. The van der Waals surface area contributed by atoms with Crippen molar-refractivity contribution >= 4 is 17.5 Å². The minimum atomic E-state index is -0.833. The molecular weight excluding hydrogens is 388 g/mol. The molecule has 2 N–H and O–H groups in total. The van der Waals surface area contributed by atoms with E-state index in [1.54, 1.807) is 56.4 Å². The van der Waals surface area contributed by atoms with E-state index < -0.39 is 17.4 Å². The van der Waals surface area contributed by atoms with Crippen LogP contribution >= 0.6 is 0 Å². The maximum absolute atomic E-state index is 12.4. The van der Waals surface area contributed by atoms with Crippen molar-refractivity contribution in [3.8, 4) is 17.1 Å². The van der Waals surface area contributed by atoms with Gasteiger partial charge in [0.1, 0.15) is 5.75 Å². The number of hydrogen-bond donors (Lipinski definition) is 2. The summed E-state index contributed by atoms with van der Waals surface area (Å²) in [6.45, 7) is 3.47. The summed E-state index contributed by atoms with van der Waals surface area (Å²) in [5.41, 5.74) is 0.715. The van der Waals surface area contributed by atoms with Gasteiger partial charge in [0.05, 0.1) is 25.3 Å². The molecule has 30 heavy (non-hydrogen) atoms. The molecular formula is C21H22N4O5. The van der Waals surface area contributed by atoms with Crippen LogP contribution in [0.4, 0.5) is 5.69 Å². The highest BCUT2D eigenvalue weighted by molar-refractivity contribution is 6.39. The molecule has 0 saturated carbocycles. The van der Waals surface area contributed by atoms with Gasteiger partial charge >= 0.3 is 11.8 Å². The van der Waals surface area contributed by atoms with E-state index >= 15 is 0 Å². The molecule has 0 aliphatic heterocycles. The van der Waals surface area contributed by atoms with Gasteiger partial charge in [0.25, 0.3) is 0 Å². The van der Waals surface area contributed by atoms with Gasteiger partial charge in [-0.25, -0.2) is 4.98 Å². The molecule has 9 heteroatoms. The van der Waals surface area contributed by atoms with Crippen molar-refractivity contribution in [2.24, 2.45) is 0 Å². The summed E-state index contributed by atoms with van der Waals surface area (Å²) in [6.07, 6.45) is 4.50. The second kappa shape index (κ2) is 8.64. The SMILES string of the molecule is COc1cc(NC(=O)C(=O)NC(C)(C)Cc2cccc[n+]2[O-])ccc1-c1cnco1. The normalized spacial score (nSPS) is 11.0. The number of methoxy groups -OCH3 is 1. The number of nitrogens with one attached hydrogen (secondary N) is 2. The van der Waals surface area contributed by atoms with E-state index in [1.165, 1.54) is 19.7 Å². The van der Waals surface area contributed by atoms with Crippen LogP contribution in [0.25, 0.3) is 11.3 Å². The maximum atomic E-state index is 12.4. The molecule has 9 nitrogen and oxygen atoms in total. The third-order valence-corrected chi connectivity index (χ3v) is 4.34. The van der Waals surface area contributed by atoms with Gasteiger partial charge < -0.3 is 25.0 Å². The van der Waals surface area contributed by atoms with Gasteiger partial charge in [-0.15, -0.1) is 0 Å². The quantitative estimate of drug-likeness (QED) is 0.365. The van der Waals surface area contributed by atoms with Crippen LogP contribution in [0.2, 0.25) is 0 Å². The van der Waals surface area contributed by atoms with Crippen LogP contribution in [0.1, 0.15) is 19.5 Å².